The normalized spacial score (nSPS) is 11.3. The molecule has 0 saturated carbocycles. The summed E-state index contributed by atoms with van der Waals surface area (Å²) in [7, 11) is 0. The smallest absolute Gasteiger partial charge is 0.254 e. The van der Waals surface area contributed by atoms with E-state index in [2.05, 4.69) is 5.32 Å². The first-order chi connectivity index (χ1) is 16.8. The standard InChI is InChI=1S/C26H27F2N3O4.ClH/c1-2-34-24(26(33)31-15-16-7-9-17(10-8-16)25(29)30)23-20(27)13-18(14-21(23)28)19-5-3-4-6-22(19)35-12-11-32;/h3-10,13-14,24,32H,2,11-12,15H2,1H3,(H3,29,30)(H,31,33);1H. The van der Waals surface area contributed by atoms with Gasteiger partial charge >= 0.3 is 0 Å². The van der Waals surface area contributed by atoms with Gasteiger partial charge in [0.05, 0.1) is 12.2 Å². The van der Waals surface area contributed by atoms with E-state index in [4.69, 9.17) is 25.7 Å². The topological polar surface area (TPSA) is 118 Å². The highest BCUT2D eigenvalue weighted by Gasteiger charge is 2.28. The molecule has 10 heteroatoms. The third-order valence-corrected chi connectivity index (χ3v) is 5.19. The maximum Gasteiger partial charge on any atom is 0.254 e. The molecule has 0 radical (unpaired) electrons. The molecule has 0 bridgehead atoms. The van der Waals surface area contributed by atoms with Crippen LogP contribution < -0.4 is 15.8 Å². The minimum atomic E-state index is -1.49. The average Bonchev–Trinajstić information content (AvgIpc) is 2.85. The zero-order valence-corrected chi connectivity index (χ0v) is 20.4. The minimum Gasteiger partial charge on any atom is -0.491 e. The number of carbonyl (C=O) groups excluding carboxylic acids is 1. The molecule has 7 nitrogen and oxygen atoms in total. The van der Waals surface area contributed by atoms with Crippen LogP contribution in [-0.4, -0.2) is 36.7 Å². The highest BCUT2D eigenvalue weighted by Crippen LogP contribution is 2.34. The molecule has 192 valence electrons. The van der Waals surface area contributed by atoms with Crippen LogP contribution in [0.1, 0.15) is 29.7 Å². The minimum absolute atomic E-state index is 0. The van der Waals surface area contributed by atoms with Crippen molar-refractivity contribution in [2.75, 3.05) is 19.8 Å². The molecular formula is C26H28ClF2N3O4. The molecule has 3 aromatic rings. The number of nitrogens with two attached hydrogens (primary N) is 1. The first-order valence-corrected chi connectivity index (χ1v) is 11.0. The SMILES string of the molecule is CCOC(C(=O)NCc1ccc(C(=N)N)cc1)c1c(F)cc(-c2ccccc2OCCO)cc1F.Cl. The highest BCUT2D eigenvalue weighted by molar-refractivity contribution is 5.94. The van der Waals surface area contributed by atoms with E-state index in [1.165, 1.54) is 0 Å². The number of hydrogen-bond acceptors (Lipinski definition) is 5. The number of hydrogen-bond donors (Lipinski definition) is 4. The lowest BCUT2D eigenvalue weighted by Crippen LogP contribution is -2.31. The molecule has 5 N–H and O–H groups in total. The van der Waals surface area contributed by atoms with Crippen LogP contribution in [0.5, 0.6) is 5.75 Å². The van der Waals surface area contributed by atoms with Gasteiger partial charge in [0, 0.05) is 24.3 Å². The predicted octanol–water partition coefficient (Wildman–Crippen LogP) is 4.10. The van der Waals surface area contributed by atoms with Gasteiger partial charge in [0.1, 0.15) is 29.8 Å². The number of rotatable bonds is 11. The molecule has 0 aliphatic rings. The Morgan fingerprint density at radius 1 is 1.11 bits per heavy atom. The summed E-state index contributed by atoms with van der Waals surface area (Å²) in [5.74, 6) is -2.27. The Morgan fingerprint density at radius 2 is 1.75 bits per heavy atom. The second kappa shape index (κ2) is 13.5. The largest absolute Gasteiger partial charge is 0.491 e. The van der Waals surface area contributed by atoms with Gasteiger partial charge in [-0.25, -0.2) is 8.78 Å². The molecule has 0 heterocycles. The van der Waals surface area contributed by atoms with Gasteiger partial charge in [0.25, 0.3) is 5.91 Å². The van der Waals surface area contributed by atoms with Crippen molar-refractivity contribution in [1.82, 2.24) is 5.32 Å². The van der Waals surface area contributed by atoms with Gasteiger partial charge in [-0.15, -0.1) is 12.4 Å². The summed E-state index contributed by atoms with van der Waals surface area (Å²) < 4.78 is 41.3. The van der Waals surface area contributed by atoms with Crippen LogP contribution in [0.2, 0.25) is 0 Å². The van der Waals surface area contributed by atoms with Gasteiger partial charge < -0.3 is 25.6 Å². The lowest BCUT2D eigenvalue weighted by atomic mass is 9.99. The molecule has 0 fully saturated rings. The second-order valence-electron chi connectivity index (χ2n) is 7.59. The molecule has 0 aliphatic heterocycles. The fourth-order valence-electron chi connectivity index (χ4n) is 3.52. The highest BCUT2D eigenvalue weighted by atomic mass is 35.5. The Balaban J connectivity index is 0.00000456. The third-order valence-electron chi connectivity index (χ3n) is 5.19. The number of ether oxygens (including phenoxy) is 2. The van der Waals surface area contributed by atoms with E-state index < -0.39 is 29.2 Å². The van der Waals surface area contributed by atoms with Crippen molar-refractivity contribution in [1.29, 1.82) is 5.41 Å². The maximum absolute atomic E-state index is 15.2. The van der Waals surface area contributed by atoms with Crippen molar-refractivity contribution < 1.29 is 28.2 Å². The van der Waals surface area contributed by atoms with Crippen LogP contribution in [0.15, 0.2) is 60.7 Å². The summed E-state index contributed by atoms with van der Waals surface area (Å²) >= 11 is 0. The van der Waals surface area contributed by atoms with Gasteiger partial charge in [-0.05, 0) is 36.2 Å². The van der Waals surface area contributed by atoms with Crippen LogP contribution in [-0.2, 0) is 16.1 Å². The van der Waals surface area contributed by atoms with Crippen molar-refractivity contribution >= 4 is 24.1 Å². The Hall–Kier alpha value is -3.53. The quantitative estimate of drug-likeness (QED) is 0.225. The monoisotopic (exact) mass is 519 g/mol. The van der Waals surface area contributed by atoms with Gasteiger partial charge in [0.15, 0.2) is 6.10 Å². The number of amides is 1. The van der Waals surface area contributed by atoms with Crippen LogP contribution in [0, 0.1) is 17.0 Å². The Bertz CT molecular complexity index is 1170. The van der Waals surface area contributed by atoms with Gasteiger partial charge in [-0.3, -0.25) is 10.2 Å². The van der Waals surface area contributed by atoms with E-state index >= 15 is 8.78 Å². The fraction of sp³-hybridized carbons (Fsp3) is 0.231. The van der Waals surface area contributed by atoms with Crippen LogP contribution >= 0.6 is 12.4 Å². The van der Waals surface area contributed by atoms with Crippen molar-refractivity contribution in [3.8, 4) is 16.9 Å². The number of halogens is 3. The van der Waals surface area contributed by atoms with Gasteiger partial charge in [0.2, 0.25) is 0 Å². The second-order valence-corrected chi connectivity index (χ2v) is 7.59. The molecule has 0 aliphatic carbocycles. The van der Waals surface area contributed by atoms with Gasteiger partial charge in [-0.2, -0.15) is 0 Å². The number of amidine groups is 1. The van der Waals surface area contributed by atoms with Crippen LogP contribution in [0.3, 0.4) is 0 Å². The summed E-state index contributed by atoms with van der Waals surface area (Å²) in [5, 5.41) is 19.1. The van der Waals surface area contributed by atoms with Crippen molar-refractivity contribution in [3.05, 3.63) is 89.0 Å². The fourth-order valence-corrected chi connectivity index (χ4v) is 3.52. The van der Waals surface area contributed by atoms with Gasteiger partial charge in [-0.1, -0.05) is 42.5 Å². The summed E-state index contributed by atoms with van der Waals surface area (Å²) in [6.07, 6.45) is -1.49. The molecule has 3 aromatic carbocycles. The van der Waals surface area contributed by atoms with Crippen LogP contribution in [0.4, 0.5) is 8.78 Å². The lowest BCUT2D eigenvalue weighted by Gasteiger charge is -2.20. The van der Waals surface area contributed by atoms with Crippen LogP contribution in [0.25, 0.3) is 11.1 Å². The number of carbonyl (C=O) groups is 1. The average molecular weight is 520 g/mol. The molecule has 3 rings (SSSR count). The molecule has 0 saturated heterocycles. The number of nitrogens with one attached hydrogen (secondary N) is 2. The van der Waals surface area contributed by atoms with Crippen molar-refractivity contribution in [2.24, 2.45) is 5.73 Å². The molecule has 36 heavy (non-hydrogen) atoms. The Kier molecular flexibility index (Phi) is 10.8. The molecular weight excluding hydrogens is 492 g/mol. The van der Waals surface area contributed by atoms with E-state index in [1.807, 2.05) is 0 Å². The Morgan fingerprint density at radius 3 is 2.33 bits per heavy atom. The van der Waals surface area contributed by atoms with E-state index in [9.17, 15) is 4.79 Å². The summed E-state index contributed by atoms with van der Waals surface area (Å²) in [5.41, 5.74) is 6.87. The molecule has 1 atom stereocenters. The number of nitrogen functional groups attached to an aromatic ring is 1. The number of benzene rings is 3. The zero-order valence-electron chi connectivity index (χ0n) is 19.6. The molecule has 0 aromatic heterocycles. The summed E-state index contributed by atoms with van der Waals surface area (Å²) in [6.45, 7) is 1.60. The molecule has 0 spiro atoms. The molecule has 1 amide bonds. The molecule has 1 unspecified atom stereocenters. The van der Waals surface area contributed by atoms with Crippen molar-refractivity contribution in [3.63, 3.8) is 0 Å². The predicted molar refractivity (Wildman–Crippen MR) is 135 cm³/mol. The summed E-state index contributed by atoms with van der Waals surface area (Å²) in [6, 6.07) is 15.6. The van der Waals surface area contributed by atoms with E-state index in [-0.39, 0.29) is 50.2 Å². The number of para-hydroxylation sites is 1. The lowest BCUT2D eigenvalue weighted by molar-refractivity contribution is -0.133. The van der Waals surface area contributed by atoms with E-state index in [1.54, 1.807) is 55.5 Å². The van der Waals surface area contributed by atoms with Crippen molar-refractivity contribution in [2.45, 2.75) is 19.6 Å². The first kappa shape index (κ1) is 28.7. The maximum atomic E-state index is 15.2. The Labute approximate surface area is 214 Å². The van der Waals surface area contributed by atoms with E-state index in [0.717, 1.165) is 17.7 Å². The number of aliphatic hydroxyl groups excluding tert-OH is 1. The van der Waals surface area contributed by atoms with E-state index in [0.29, 0.717) is 16.9 Å². The number of aliphatic hydroxyl groups is 1. The first-order valence-electron chi connectivity index (χ1n) is 11.0. The summed E-state index contributed by atoms with van der Waals surface area (Å²) in [4.78, 5) is 12.8. The zero-order chi connectivity index (χ0) is 25.4. The third kappa shape index (κ3) is 7.00.